The first-order chi connectivity index (χ1) is 7.86. The van der Waals surface area contributed by atoms with Crippen LogP contribution >= 0.6 is 11.6 Å². The van der Waals surface area contributed by atoms with Crippen molar-refractivity contribution in [3.05, 3.63) is 10.7 Å². The number of carbonyl (C=O) groups is 2. The standard InChI is InChI=1S/C11H17ClN2O3/c1-7(12)8(13)9(15)10(16)14-11(2)3-5-17-6-4-11/h3-6,13H2,1-2H3,(H,14,16)/b8-7+. The van der Waals surface area contributed by atoms with Crippen LogP contribution < -0.4 is 11.1 Å². The Labute approximate surface area is 105 Å². The maximum Gasteiger partial charge on any atom is 0.294 e. The van der Waals surface area contributed by atoms with Crippen molar-refractivity contribution in [3.63, 3.8) is 0 Å². The fourth-order valence-corrected chi connectivity index (χ4v) is 1.64. The number of ketones is 1. The topological polar surface area (TPSA) is 81.4 Å². The van der Waals surface area contributed by atoms with E-state index in [9.17, 15) is 9.59 Å². The Morgan fingerprint density at radius 1 is 1.35 bits per heavy atom. The average molecular weight is 261 g/mol. The monoisotopic (exact) mass is 260 g/mol. The van der Waals surface area contributed by atoms with Crippen LogP contribution in [0.5, 0.6) is 0 Å². The fraction of sp³-hybridized carbons (Fsp3) is 0.636. The average Bonchev–Trinajstić information content (AvgIpc) is 2.27. The van der Waals surface area contributed by atoms with E-state index in [1.807, 2.05) is 6.92 Å². The SMILES string of the molecule is C/C(Cl)=C(\N)C(=O)C(=O)NC1(C)CCOCC1. The minimum atomic E-state index is -0.787. The lowest BCUT2D eigenvalue weighted by molar-refractivity contribution is -0.137. The second-order valence-corrected chi connectivity index (χ2v) is 4.97. The van der Waals surface area contributed by atoms with Gasteiger partial charge in [0.2, 0.25) is 0 Å². The van der Waals surface area contributed by atoms with Crippen LogP contribution in [0.15, 0.2) is 10.7 Å². The van der Waals surface area contributed by atoms with Crippen molar-refractivity contribution in [3.8, 4) is 0 Å². The summed E-state index contributed by atoms with van der Waals surface area (Å²) < 4.78 is 5.20. The van der Waals surface area contributed by atoms with Gasteiger partial charge in [0.1, 0.15) is 0 Å². The number of nitrogens with two attached hydrogens (primary N) is 1. The van der Waals surface area contributed by atoms with Gasteiger partial charge in [0.25, 0.3) is 11.7 Å². The van der Waals surface area contributed by atoms with Crippen LogP contribution in [0.1, 0.15) is 26.7 Å². The number of hydrogen-bond acceptors (Lipinski definition) is 4. The molecule has 1 aliphatic heterocycles. The van der Waals surface area contributed by atoms with Gasteiger partial charge in [0.15, 0.2) is 0 Å². The summed E-state index contributed by atoms with van der Waals surface area (Å²) in [5.74, 6) is -1.50. The van der Waals surface area contributed by atoms with E-state index in [0.717, 1.165) is 0 Å². The Morgan fingerprint density at radius 2 is 1.88 bits per heavy atom. The first kappa shape index (κ1) is 14.0. The molecule has 0 aromatic heterocycles. The van der Waals surface area contributed by atoms with Crippen molar-refractivity contribution >= 4 is 23.3 Å². The highest BCUT2D eigenvalue weighted by atomic mass is 35.5. The summed E-state index contributed by atoms with van der Waals surface area (Å²) in [6.07, 6.45) is 1.35. The first-order valence-corrected chi connectivity index (χ1v) is 5.80. The number of amides is 1. The van der Waals surface area contributed by atoms with Gasteiger partial charge in [0, 0.05) is 23.8 Å². The summed E-state index contributed by atoms with van der Waals surface area (Å²) in [4.78, 5) is 23.3. The lowest BCUT2D eigenvalue weighted by Gasteiger charge is -2.34. The molecular formula is C11H17ClN2O3. The number of hydrogen-bond donors (Lipinski definition) is 2. The van der Waals surface area contributed by atoms with E-state index in [2.05, 4.69) is 5.32 Å². The van der Waals surface area contributed by atoms with E-state index in [0.29, 0.717) is 26.1 Å². The number of allylic oxidation sites excluding steroid dienone is 1. The van der Waals surface area contributed by atoms with Crippen LogP contribution in [-0.4, -0.2) is 30.4 Å². The molecule has 1 rings (SSSR count). The highest BCUT2D eigenvalue weighted by molar-refractivity contribution is 6.45. The first-order valence-electron chi connectivity index (χ1n) is 5.42. The number of carbonyl (C=O) groups excluding carboxylic acids is 2. The molecule has 0 atom stereocenters. The Balaban J connectivity index is 2.66. The third kappa shape index (κ3) is 3.71. The van der Waals surface area contributed by atoms with Crippen molar-refractivity contribution in [1.29, 1.82) is 0 Å². The zero-order chi connectivity index (χ0) is 13.1. The van der Waals surface area contributed by atoms with Crippen LogP contribution in [0.3, 0.4) is 0 Å². The van der Waals surface area contributed by atoms with Crippen molar-refractivity contribution in [2.24, 2.45) is 5.73 Å². The minimum Gasteiger partial charge on any atom is -0.394 e. The van der Waals surface area contributed by atoms with E-state index >= 15 is 0 Å². The van der Waals surface area contributed by atoms with Crippen LogP contribution in [-0.2, 0) is 14.3 Å². The van der Waals surface area contributed by atoms with E-state index < -0.39 is 17.2 Å². The van der Waals surface area contributed by atoms with Gasteiger partial charge in [-0.15, -0.1) is 0 Å². The van der Waals surface area contributed by atoms with Gasteiger partial charge in [0.05, 0.1) is 5.70 Å². The van der Waals surface area contributed by atoms with Crippen molar-refractivity contribution in [1.82, 2.24) is 5.32 Å². The van der Waals surface area contributed by atoms with Gasteiger partial charge in [-0.25, -0.2) is 0 Å². The van der Waals surface area contributed by atoms with Crippen molar-refractivity contribution in [2.75, 3.05) is 13.2 Å². The zero-order valence-corrected chi connectivity index (χ0v) is 10.8. The number of ether oxygens (including phenoxy) is 1. The Kier molecular flexibility index (Phi) is 4.54. The molecule has 1 aliphatic rings. The molecule has 17 heavy (non-hydrogen) atoms. The van der Waals surface area contributed by atoms with Gasteiger partial charge in [-0.2, -0.15) is 0 Å². The summed E-state index contributed by atoms with van der Waals surface area (Å²) in [7, 11) is 0. The van der Waals surface area contributed by atoms with E-state index in [-0.39, 0.29) is 10.7 Å². The molecule has 0 aromatic carbocycles. The van der Waals surface area contributed by atoms with Gasteiger partial charge in [-0.3, -0.25) is 9.59 Å². The van der Waals surface area contributed by atoms with Gasteiger partial charge >= 0.3 is 0 Å². The van der Waals surface area contributed by atoms with E-state index in [4.69, 9.17) is 22.1 Å². The molecule has 0 aliphatic carbocycles. The normalized spacial score (nSPS) is 20.4. The van der Waals surface area contributed by atoms with Crippen LogP contribution in [0.4, 0.5) is 0 Å². The van der Waals surface area contributed by atoms with Crippen molar-refractivity contribution in [2.45, 2.75) is 32.2 Å². The van der Waals surface area contributed by atoms with Crippen LogP contribution in [0, 0.1) is 0 Å². The quantitative estimate of drug-likeness (QED) is 0.577. The maximum absolute atomic E-state index is 11.7. The summed E-state index contributed by atoms with van der Waals surface area (Å²) in [5, 5.41) is 2.82. The second kappa shape index (κ2) is 5.51. The molecule has 0 saturated carbocycles. The van der Waals surface area contributed by atoms with Gasteiger partial charge < -0.3 is 15.8 Å². The third-order valence-electron chi connectivity index (χ3n) is 2.83. The van der Waals surface area contributed by atoms with Crippen LogP contribution in [0.2, 0.25) is 0 Å². The Morgan fingerprint density at radius 3 is 2.35 bits per heavy atom. The number of rotatable bonds is 3. The molecular weight excluding hydrogens is 244 g/mol. The van der Waals surface area contributed by atoms with Crippen LogP contribution in [0.25, 0.3) is 0 Å². The molecule has 0 radical (unpaired) electrons. The molecule has 1 fully saturated rings. The number of halogens is 1. The summed E-state index contributed by atoms with van der Waals surface area (Å²) in [5.41, 5.74) is 4.80. The molecule has 0 unspecified atom stereocenters. The zero-order valence-electron chi connectivity index (χ0n) is 10.0. The molecule has 0 spiro atoms. The number of Topliss-reactive ketones (excluding diaryl/α,β-unsaturated/α-hetero) is 1. The van der Waals surface area contributed by atoms with Crippen molar-refractivity contribution < 1.29 is 14.3 Å². The Hall–Kier alpha value is -1.07. The highest BCUT2D eigenvalue weighted by Gasteiger charge is 2.31. The predicted octanol–water partition coefficient (Wildman–Crippen LogP) is 0.670. The molecule has 0 aromatic rings. The molecule has 5 nitrogen and oxygen atoms in total. The summed E-state index contributed by atoms with van der Waals surface area (Å²) in [6, 6.07) is 0. The number of nitrogens with one attached hydrogen (secondary N) is 1. The highest BCUT2D eigenvalue weighted by Crippen LogP contribution is 2.19. The van der Waals surface area contributed by atoms with E-state index in [1.54, 1.807) is 0 Å². The van der Waals surface area contributed by atoms with Gasteiger partial charge in [-0.05, 0) is 26.7 Å². The van der Waals surface area contributed by atoms with E-state index in [1.165, 1.54) is 6.92 Å². The maximum atomic E-state index is 11.7. The molecule has 1 heterocycles. The minimum absolute atomic E-state index is 0.127. The Bertz CT molecular complexity index is 356. The lowest BCUT2D eigenvalue weighted by atomic mass is 9.92. The predicted molar refractivity (Wildman–Crippen MR) is 64.3 cm³/mol. The summed E-state index contributed by atoms with van der Waals surface area (Å²) >= 11 is 5.58. The van der Waals surface area contributed by atoms with Gasteiger partial charge in [-0.1, -0.05) is 11.6 Å². The molecule has 96 valence electrons. The second-order valence-electron chi connectivity index (χ2n) is 4.40. The lowest BCUT2D eigenvalue weighted by Crippen LogP contribution is -2.52. The third-order valence-corrected chi connectivity index (χ3v) is 3.04. The molecule has 3 N–H and O–H groups in total. The molecule has 1 saturated heterocycles. The largest absolute Gasteiger partial charge is 0.394 e. The fourth-order valence-electron chi connectivity index (χ4n) is 1.56. The smallest absolute Gasteiger partial charge is 0.294 e. The molecule has 6 heteroatoms. The molecule has 1 amide bonds. The summed E-state index contributed by atoms with van der Waals surface area (Å²) in [6.45, 7) is 4.50. The molecule has 0 bridgehead atoms.